The smallest absolute Gasteiger partial charge is 0.326 e. The Labute approximate surface area is 290 Å². The number of carbonyl (C=O) groups excluding carboxylic acids is 3. The summed E-state index contributed by atoms with van der Waals surface area (Å²) in [7, 11) is 0. The highest BCUT2D eigenvalue weighted by molar-refractivity contribution is 5.86. The average molecular weight is 684 g/mol. The van der Waals surface area contributed by atoms with Crippen molar-refractivity contribution in [1.29, 1.82) is 0 Å². The molecule has 280 valence electrons. The topological polar surface area (TPSA) is 195 Å². The van der Waals surface area contributed by atoms with Crippen molar-refractivity contribution in [2.24, 2.45) is 16.5 Å². The molecule has 0 spiro atoms. The quantitative estimate of drug-likeness (QED) is 0.0236. The number of rotatable bonds is 34. The van der Waals surface area contributed by atoms with Crippen molar-refractivity contribution in [3.8, 4) is 0 Å². The summed E-state index contributed by atoms with van der Waals surface area (Å²) in [5.41, 5.74) is 10.6. The number of carboxylic acid groups (broad SMARTS) is 1. The molecule has 1 unspecified atom stereocenters. The fourth-order valence-corrected chi connectivity index (χ4v) is 5.32. The number of nitrogens with zero attached hydrogens (tertiary/aromatic N) is 1. The number of carboxylic acids is 1. The van der Waals surface area contributed by atoms with Gasteiger partial charge in [-0.2, -0.15) is 0 Å². The second-order valence-electron chi connectivity index (χ2n) is 12.8. The number of aliphatic carboxylic acids is 1. The van der Waals surface area contributed by atoms with Gasteiger partial charge in [-0.1, -0.05) is 129 Å². The first-order valence-corrected chi connectivity index (χ1v) is 18.8. The van der Waals surface area contributed by atoms with E-state index in [4.69, 9.17) is 20.9 Å². The Morgan fingerprint density at radius 3 is 1.56 bits per heavy atom. The number of hydrogen-bond donors (Lipinski definition) is 5. The monoisotopic (exact) mass is 684 g/mol. The molecule has 0 saturated carbocycles. The lowest BCUT2D eigenvalue weighted by Crippen LogP contribution is -2.48. The minimum atomic E-state index is -1.20. The number of ether oxygens (including phenoxy) is 2. The van der Waals surface area contributed by atoms with Gasteiger partial charge in [-0.3, -0.25) is 24.7 Å². The van der Waals surface area contributed by atoms with Gasteiger partial charge in [0.25, 0.3) is 0 Å². The molecule has 48 heavy (non-hydrogen) atoms. The lowest BCUT2D eigenvalue weighted by Gasteiger charge is -2.19. The number of unbranched alkanes of at least 4 members (excludes halogenated alkanes) is 18. The lowest BCUT2D eigenvalue weighted by atomic mass is 10.1. The Bertz CT molecular complexity index is 868. The van der Waals surface area contributed by atoms with Crippen LogP contribution in [0.2, 0.25) is 0 Å². The highest BCUT2D eigenvalue weighted by Crippen LogP contribution is 2.12. The van der Waals surface area contributed by atoms with E-state index >= 15 is 0 Å². The van der Waals surface area contributed by atoms with Crippen molar-refractivity contribution in [3.63, 3.8) is 0 Å². The van der Waals surface area contributed by atoms with Crippen LogP contribution in [0.15, 0.2) is 4.99 Å². The Hall–Kier alpha value is -2.89. The Balaban J connectivity index is 4.69. The number of carbonyl (C=O) groups is 4. The molecule has 0 aliphatic rings. The molecule has 0 saturated heterocycles. The fraction of sp³-hybridized carbons (Fsp3) is 0.861. The zero-order valence-electron chi connectivity index (χ0n) is 30.2. The molecule has 1 amide bonds. The zero-order chi connectivity index (χ0) is 35.7. The van der Waals surface area contributed by atoms with E-state index in [0.717, 1.165) is 44.9 Å². The second kappa shape index (κ2) is 32.6. The van der Waals surface area contributed by atoms with Crippen molar-refractivity contribution in [3.05, 3.63) is 0 Å². The molecule has 12 heteroatoms. The van der Waals surface area contributed by atoms with Crippen LogP contribution in [0.3, 0.4) is 0 Å². The molecule has 0 aliphatic heterocycles. The minimum Gasteiger partial charge on any atom is -0.480 e. The molecule has 0 heterocycles. The van der Waals surface area contributed by atoms with Gasteiger partial charge in [0.1, 0.15) is 12.1 Å². The second-order valence-corrected chi connectivity index (χ2v) is 12.8. The van der Waals surface area contributed by atoms with Crippen LogP contribution in [0.4, 0.5) is 0 Å². The maximum absolute atomic E-state index is 12.9. The summed E-state index contributed by atoms with van der Waals surface area (Å²) in [5, 5.41) is 14.7. The molecule has 0 aromatic carbocycles. The van der Waals surface area contributed by atoms with Gasteiger partial charge in [-0.15, -0.1) is 0 Å². The summed E-state index contributed by atoms with van der Waals surface area (Å²) >= 11 is 0. The van der Waals surface area contributed by atoms with Gasteiger partial charge < -0.3 is 31.4 Å². The van der Waals surface area contributed by atoms with Crippen LogP contribution < -0.4 is 22.1 Å². The van der Waals surface area contributed by atoms with E-state index in [9.17, 15) is 24.3 Å². The SMILES string of the molecule is CCCCCCCCCCCCOC(=O)CC(NCC(=O)N[C@H](CCCN=C(N)N)C(=O)O)C(=O)OCCCCCCCCCCCC. The first-order valence-electron chi connectivity index (χ1n) is 18.8. The molecule has 7 N–H and O–H groups in total. The van der Waals surface area contributed by atoms with E-state index < -0.39 is 35.9 Å². The average Bonchev–Trinajstić information content (AvgIpc) is 3.05. The number of nitrogens with two attached hydrogens (primary N) is 2. The summed E-state index contributed by atoms with van der Waals surface area (Å²) in [6, 6.07) is -2.24. The van der Waals surface area contributed by atoms with E-state index in [0.29, 0.717) is 6.42 Å². The number of guanidine groups is 1. The standard InChI is InChI=1S/C36H69N5O7/c1-3-5-7-9-11-13-15-17-19-21-26-47-33(43)28-31(35(46)48-27-22-20-18-16-14-12-10-8-6-4-2)40-29-32(42)41-30(34(44)45)24-23-25-39-36(37)38/h30-31,40H,3-29H2,1-2H3,(H,41,42)(H,44,45)(H4,37,38,39)/t30-,31?/m1/s1. The number of amides is 1. The van der Waals surface area contributed by atoms with Gasteiger partial charge in [-0.05, 0) is 25.7 Å². The third kappa shape index (κ3) is 29.3. The van der Waals surface area contributed by atoms with Crippen LogP contribution in [-0.4, -0.2) is 73.3 Å². The Morgan fingerprint density at radius 1 is 0.646 bits per heavy atom. The summed E-state index contributed by atoms with van der Waals surface area (Å²) in [6.07, 6.45) is 23.4. The van der Waals surface area contributed by atoms with Crippen LogP contribution in [-0.2, 0) is 28.7 Å². The molecule has 0 bridgehead atoms. The fourth-order valence-electron chi connectivity index (χ4n) is 5.32. The van der Waals surface area contributed by atoms with E-state index in [2.05, 4.69) is 29.5 Å². The lowest BCUT2D eigenvalue weighted by molar-refractivity contribution is -0.153. The maximum atomic E-state index is 12.9. The predicted molar refractivity (Wildman–Crippen MR) is 191 cm³/mol. The highest BCUT2D eigenvalue weighted by atomic mass is 16.5. The van der Waals surface area contributed by atoms with Crippen LogP contribution in [0.5, 0.6) is 0 Å². The van der Waals surface area contributed by atoms with Crippen LogP contribution in [0.25, 0.3) is 0 Å². The molecule has 2 atom stereocenters. The van der Waals surface area contributed by atoms with Gasteiger partial charge in [0.05, 0.1) is 26.2 Å². The first kappa shape index (κ1) is 45.1. The number of nitrogens with one attached hydrogen (secondary N) is 2. The van der Waals surface area contributed by atoms with Crippen molar-refractivity contribution in [1.82, 2.24) is 10.6 Å². The molecule has 12 nitrogen and oxygen atoms in total. The van der Waals surface area contributed by atoms with Crippen molar-refractivity contribution >= 4 is 29.8 Å². The molecule has 0 rings (SSSR count). The largest absolute Gasteiger partial charge is 0.480 e. The van der Waals surface area contributed by atoms with Crippen LogP contribution in [0, 0.1) is 0 Å². The third-order valence-corrected chi connectivity index (χ3v) is 8.25. The maximum Gasteiger partial charge on any atom is 0.326 e. The van der Waals surface area contributed by atoms with Crippen molar-refractivity contribution in [2.45, 2.75) is 174 Å². The molecule has 0 fully saturated rings. The number of hydrogen-bond acceptors (Lipinski definition) is 8. The minimum absolute atomic E-state index is 0.0942. The van der Waals surface area contributed by atoms with E-state index in [-0.39, 0.29) is 45.1 Å². The molecule has 0 radical (unpaired) electrons. The van der Waals surface area contributed by atoms with Crippen molar-refractivity contribution in [2.75, 3.05) is 26.3 Å². The summed E-state index contributed by atoms with van der Waals surface area (Å²) < 4.78 is 10.8. The summed E-state index contributed by atoms with van der Waals surface area (Å²) in [4.78, 5) is 53.6. The molecule has 0 aromatic heterocycles. The molecule has 0 aliphatic carbocycles. The first-order chi connectivity index (χ1) is 23.2. The van der Waals surface area contributed by atoms with Gasteiger partial charge in [0.15, 0.2) is 5.96 Å². The molecular formula is C36H69N5O7. The van der Waals surface area contributed by atoms with Gasteiger partial charge in [0.2, 0.25) is 5.91 Å². The Morgan fingerprint density at radius 2 is 1.10 bits per heavy atom. The van der Waals surface area contributed by atoms with E-state index in [1.807, 2.05) is 0 Å². The molecular weight excluding hydrogens is 614 g/mol. The van der Waals surface area contributed by atoms with Crippen LogP contribution in [0.1, 0.15) is 162 Å². The van der Waals surface area contributed by atoms with Crippen molar-refractivity contribution < 1.29 is 33.8 Å². The van der Waals surface area contributed by atoms with E-state index in [1.54, 1.807) is 0 Å². The highest BCUT2D eigenvalue weighted by Gasteiger charge is 2.26. The summed E-state index contributed by atoms with van der Waals surface area (Å²) in [6.45, 7) is 4.79. The number of aliphatic imine (C=N–C) groups is 1. The third-order valence-electron chi connectivity index (χ3n) is 8.25. The summed E-state index contributed by atoms with van der Waals surface area (Å²) in [5.74, 6) is -3.11. The van der Waals surface area contributed by atoms with Gasteiger partial charge in [-0.25, -0.2) is 4.79 Å². The Kier molecular flexibility index (Phi) is 30.7. The van der Waals surface area contributed by atoms with E-state index in [1.165, 1.54) is 83.5 Å². The zero-order valence-corrected chi connectivity index (χ0v) is 30.2. The normalized spacial score (nSPS) is 12.2. The number of esters is 2. The molecule has 0 aromatic rings. The van der Waals surface area contributed by atoms with Gasteiger partial charge >= 0.3 is 17.9 Å². The van der Waals surface area contributed by atoms with Crippen LogP contribution >= 0.6 is 0 Å². The predicted octanol–water partition coefficient (Wildman–Crippen LogP) is 5.89. The van der Waals surface area contributed by atoms with Gasteiger partial charge in [0, 0.05) is 6.54 Å².